The second kappa shape index (κ2) is 8.19. The minimum Gasteiger partial charge on any atom is -0.449 e. The topological polar surface area (TPSA) is 72.5 Å². The van der Waals surface area contributed by atoms with Crippen LogP contribution in [0.5, 0.6) is 0 Å². The van der Waals surface area contributed by atoms with Gasteiger partial charge in [0, 0.05) is 5.56 Å². The van der Waals surface area contributed by atoms with Gasteiger partial charge in [0.25, 0.3) is 5.91 Å². The monoisotopic (exact) mass is 343 g/mol. The summed E-state index contributed by atoms with van der Waals surface area (Å²) in [4.78, 5) is 34.8. The van der Waals surface area contributed by atoms with Crippen LogP contribution < -0.4 is 5.32 Å². The molecule has 25 heavy (non-hydrogen) atoms. The van der Waals surface area contributed by atoms with Gasteiger partial charge in [-0.3, -0.25) is 9.59 Å². The first-order valence-electron chi connectivity index (χ1n) is 7.72. The third-order valence-electron chi connectivity index (χ3n) is 3.66. The molecule has 130 valence electrons. The standard InChI is InChI=1S/C19H18FNO4/c1-12(15-7-9-17(20)10-8-15)21-18(23)13(2)25-19(24)16-5-3-14(11-22)4-6-16/h3-13H,1-2H3,(H,21,23). The second-order valence-electron chi connectivity index (χ2n) is 5.57. The van der Waals surface area contributed by atoms with Gasteiger partial charge in [-0.2, -0.15) is 0 Å². The molecule has 1 N–H and O–H groups in total. The number of esters is 1. The van der Waals surface area contributed by atoms with E-state index in [0.29, 0.717) is 11.8 Å². The maximum Gasteiger partial charge on any atom is 0.338 e. The highest BCUT2D eigenvalue weighted by Crippen LogP contribution is 2.13. The van der Waals surface area contributed by atoms with E-state index in [1.165, 1.54) is 43.3 Å². The van der Waals surface area contributed by atoms with E-state index in [9.17, 15) is 18.8 Å². The van der Waals surface area contributed by atoms with E-state index in [4.69, 9.17) is 4.74 Å². The maximum absolute atomic E-state index is 12.9. The Bertz CT molecular complexity index is 756. The number of nitrogens with one attached hydrogen (secondary N) is 1. The Labute approximate surface area is 144 Å². The molecule has 0 saturated carbocycles. The number of amides is 1. The average Bonchev–Trinajstić information content (AvgIpc) is 2.62. The highest BCUT2D eigenvalue weighted by Gasteiger charge is 2.20. The lowest BCUT2D eigenvalue weighted by Crippen LogP contribution is -2.37. The van der Waals surface area contributed by atoms with E-state index in [2.05, 4.69) is 5.32 Å². The summed E-state index contributed by atoms with van der Waals surface area (Å²) >= 11 is 0. The Morgan fingerprint density at radius 1 is 1.04 bits per heavy atom. The number of hydrogen-bond donors (Lipinski definition) is 1. The van der Waals surface area contributed by atoms with Crippen molar-refractivity contribution < 1.29 is 23.5 Å². The van der Waals surface area contributed by atoms with E-state index in [-0.39, 0.29) is 17.4 Å². The lowest BCUT2D eigenvalue weighted by Gasteiger charge is -2.18. The third-order valence-corrected chi connectivity index (χ3v) is 3.66. The molecule has 2 unspecified atom stereocenters. The van der Waals surface area contributed by atoms with Crippen LogP contribution in [0.25, 0.3) is 0 Å². The van der Waals surface area contributed by atoms with Gasteiger partial charge in [-0.1, -0.05) is 24.3 Å². The zero-order chi connectivity index (χ0) is 18.4. The van der Waals surface area contributed by atoms with Gasteiger partial charge in [0.05, 0.1) is 11.6 Å². The van der Waals surface area contributed by atoms with Crippen molar-refractivity contribution in [1.29, 1.82) is 0 Å². The summed E-state index contributed by atoms with van der Waals surface area (Å²) in [6.45, 7) is 3.21. The summed E-state index contributed by atoms with van der Waals surface area (Å²) in [6.07, 6.45) is -0.330. The van der Waals surface area contributed by atoms with Crippen LogP contribution in [0.15, 0.2) is 48.5 Å². The summed E-state index contributed by atoms with van der Waals surface area (Å²) in [5, 5.41) is 2.71. The smallest absolute Gasteiger partial charge is 0.338 e. The zero-order valence-electron chi connectivity index (χ0n) is 13.9. The largest absolute Gasteiger partial charge is 0.449 e. The molecule has 0 fully saturated rings. The number of hydrogen-bond acceptors (Lipinski definition) is 4. The lowest BCUT2D eigenvalue weighted by molar-refractivity contribution is -0.129. The first-order valence-corrected chi connectivity index (χ1v) is 7.72. The molecule has 0 aliphatic rings. The van der Waals surface area contributed by atoms with Crippen LogP contribution in [0.3, 0.4) is 0 Å². The van der Waals surface area contributed by atoms with Crippen LogP contribution in [-0.2, 0) is 9.53 Å². The number of halogens is 1. The Morgan fingerprint density at radius 3 is 2.20 bits per heavy atom. The van der Waals surface area contributed by atoms with E-state index in [0.717, 1.165) is 5.56 Å². The average molecular weight is 343 g/mol. The van der Waals surface area contributed by atoms with Crippen molar-refractivity contribution in [2.45, 2.75) is 26.0 Å². The summed E-state index contributed by atoms with van der Waals surface area (Å²) < 4.78 is 18.1. The van der Waals surface area contributed by atoms with Gasteiger partial charge in [0.1, 0.15) is 12.1 Å². The molecule has 0 saturated heterocycles. The molecule has 0 aliphatic heterocycles. The molecule has 0 aromatic heterocycles. The van der Waals surface area contributed by atoms with Gasteiger partial charge < -0.3 is 10.1 Å². The predicted octanol–water partition coefficient (Wildman–Crippen LogP) is 3.06. The van der Waals surface area contributed by atoms with Crippen LogP contribution in [0, 0.1) is 5.82 Å². The highest BCUT2D eigenvalue weighted by atomic mass is 19.1. The fraction of sp³-hybridized carbons (Fsp3) is 0.211. The highest BCUT2D eigenvalue weighted by molar-refractivity contribution is 5.92. The normalized spacial score (nSPS) is 12.8. The Balaban J connectivity index is 1.93. The summed E-state index contributed by atoms with van der Waals surface area (Å²) in [6, 6.07) is 11.3. The maximum atomic E-state index is 12.9. The van der Waals surface area contributed by atoms with Crippen molar-refractivity contribution in [3.63, 3.8) is 0 Å². The van der Waals surface area contributed by atoms with Crippen molar-refractivity contribution in [2.24, 2.45) is 0 Å². The minimum atomic E-state index is -0.999. The van der Waals surface area contributed by atoms with Crippen LogP contribution >= 0.6 is 0 Å². The molecule has 0 radical (unpaired) electrons. The molecule has 2 aromatic carbocycles. The van der Waals surface area contributed by atoms with Crippen molar-refractivity contribution in [3.05, 3.63) is 71.0 Å². The molecule has 1 amide bonds. The van der Waals surface area contributed by atoms with E-state index >= 15 is 0 Å². The van der Waals surface area contributed by atoms with E-state index in [1.807, 2.05) is 0 Å². The first kappa shape index (κ1) is 18.3. The summed E-state index contributed by atoms with van der Waals surface area (Å²) in [5.74, 6) is -1.48. The Morgan fingerprint density at radius 2 is 1.64 bits per heavy atom. The van der Waals surface area contributed by atoms with Gasteiger partial charge in [-0.15, -0.1) is 0 Å². The van der Waals surface area contributed by atoms with Crippen molar-refractivity contribution in [2.75, 3.05) is 0 Å². The fourth-order valence-corrected chi connectivity index (χ4v) is 2.15. The quantitative estimate of drug-likeness (QED) is 0.646. The Hall–Kier alpha value is -3.02. The molecule has 2 aromatic rings. The fourth-order valence-electron chi connectivity index (χ4n) is 2.15. The van der Waals surface area contributed by atoms with Crippen molar-refractivity contribution in [3.8, 4) is 0 Å². The molecule has 0 bridgehead atoms. The molecule has 0 heterocycles. The van der Waals surface area contributed by atoms with Crippen molar-refractivity contribution >= 4 is 18.2 Å². The molecule has 2 atom stereocenters. The number of carbonyl (C=O) groups excluding carboxylic acids is 3. The van der Waals surface area contributed by atoms with Gasteiger partial charge in [-0.05, 0) is 43.7 Å². The van der Waals surface area contributed by atoms with Gasteiger partial charge in [0.2, 0.25) is 0 Å². The second-order valence-corrected chi connectivity index (χ2v) is 5.57. The molecular weight excluding hydrogens is 325 g/mol. The zero-order valence-corrected chi connectivity index (χ0v) is 13.9. The van der Waals surface area contributed by atoms with E-state index < -0.39 is 18.0 Å². The molecule has 2 rings (SSSR count). The van der Waals surface area contributed by atoms with Crippen LogP contribution in [-0.4, -0.2) is 24.3 Å². The van der Waals surface area contributed by atoms with Gasteiger partial charge >= 0.3 is 5.97 Å². The molecule has 0 spiro atoms. The lowest BCUT2D eigenvalue weighted by atomic mass is 10.1. The minimum absolute atomic E-state index is 0.247. The number of aldehydes is 1. The molecular formula is C19H18FNO4. The summed E-state index contributed by atoms with van der Waals surface area (Å²) in [5.41, 5.74) is 1.42. The van der Waals surface area contributed by atoms with E-state index in [1.54, 1.807) is 19.1 Å². The van der Waals surface area contributed by atoms with Crippen LogP contribution in [0.4, 0.5) is 4.39 Å². The number of ether oxygens (including phenoxy) is 1. The van der Waals surface area contributed by atoms with Crippen molar-refractivity contribution in [1.82, 2.24) is 5.32 Å². The van der Waals surface area contributed by atoms with Crippen LogP contribution in [0.1, 0.15) is 46.2 Å². The third kappa shape index (κ3) is 4.97. The van der Waals surface area contributed by atoms with Gasteiger partial charge in [0.15, 0.2) is 6.10 Å². The Kier molecular flexibility index (Phi) is 6.00. The first-order chi connectivity index (χ1) is 11.9. The predicted molar refractivity (Wildman–Crippen MR) is 89.7 cm³/mol. The SMILES string of the molecule is CC(OC(=O)c1ccc(C=O)cc1)C(=O)NC(C)c1ccc(F)cc1. The summed E-state index contributed by atoms with van der Waals surface area (Å²) in [7, 11) is 0. The number of rotatable bonds is 6. The molecule has 0 aliphatic carbocycles. The van der Waals surface area contributed by atoms with Crippen LogP contribution in [0.2, 0.25) is 0 Å². The van der Waals surface area contributed by atoms with Gasteiger partial charge in [-0.25, -0.2) is 9.18 Å². The number of benzene rings is 2. The molecule has 5 nitrogen and oxygen atoms in total. The molecule has 6 heteroatoms. The number of carbonyl (C=O) groups is 3.